The molecule has 0 fully saturated rings. The van der Waals surface area contributed by atoms with Gasteiger partial charge in [0.1, 0.15) is 13.2 Å². The molecule has 15 heavy (non-hydrogen) atoms. The van der Waals surface area contributed by atoms with E-state index in [9.17, 15) is 9.59 Å². The van der Waals surface area contributed by atoms with Gasteiger partial charge in [-0.3, -0.25) is 9.59 Å². The Morgan fingerprint density at radius 1 is 1.00 bits per heavy atom. The number of ether oxygens (including phenoxy) is 2. The Bertz CT molecular complexity index is 321. The van der Waals surface area contributed by atoms with Crippen LogP contribution in [0.25, 0.3) is 0 Å². The van der Waals surface area contributed by atoms with E-state index in [4.69, 9.17) is 5.73 Å². The predicted molar refractivity (Wildman–Crippen MR) is 52.6 cm³/mol. The van der Waals surface area contributed by atoms with Gasteiger partial charge in [-0.2, -0.15) is 0 Å². The minimum absolute atomic E-state index is 0.155. The number of hydrogen-bond donors (Lipinski definition) is 1. The molecule has 1 aromatic rings. The first kappa shape index (κ1) is 11.0. The van der Waals surface area contributed by atoms with Crippen molar-refractivity contribution in [2.45, 2.75) is 13.2 Å². The van der Waals surface area contributed by atoms with Crippen LogP contribution in [0.5, 0.6) is 0 Å². The van der Waals surface area contributed by atoms with Crippen LogP contribution in [0.3, 0.4) is 0 Å². The molecule has 0 aliphatic heterocycles. The summed E-state index contributed by atoms with van der Waals surface area (Å²) in [6, 6.07) is 5.13. The summed E-state index contributed by atoms with van der Waals surface area (Å²) in [5.41, 5.74) is 7.66. The average molecular weight is 209 g/mol. The fourth-order valence-electron chi connectivity index (χ4n) is 1.22. The maximum absolute atomic E-state index is 10.00. The molecule has 2 N–H and O–H groups in total. The van der Waals surface area contributed by atoms with Gasteiger partial charge in [0.15, 0.2) is 0 Å². The molecule has 0 bridgehead atoms. The van der Waals surface area contributed by atoms with Gasteiger partial charge >= 0.3 is 0 Å². The minimum Gasteiger partial charge on any atom is -0.463 e. The molecular weight excluding hydrogens is 198 g/mol. The van der Waals surface area contributed by atoms with E-state index in [1.54, 1.807) is 18.2 Å². The molecule has 80 valence electrons. The molecule has 0 heterocycles. The Balaban J connectivity index is 2.74. The monoisotopic (exact) mass is 209 g/mol. The predicted octanol–water partition coefficient (Wildman–Crippen LogP) is 0.615. The van der Waals surface area contributed by atoms with E-state index in [1.165, 1.54) is 0 Å². The van der Waals surface area contributed by atoms with E-state index < -0.39 is 0 Å². The highest BCUT2D eigenvalue weighted by molar-refractivity contribution is 5.46. The third kappa shape index (κ3) is 3.68. The second kappa shape index (κ2) is 5.64. The lowest BCUT2D eigenvalue weighted by molar-refractivity contribution is -0.130. The zero-order chi connectivity index (χ0) is 11.1. The first-order valence-corrected chi connectivity index (χ1v) is 4.25. The molecule has 0 saturated heterocycles. The fraction of sp³-hybridized carbons (Fsp3) is 0.200. The van der Waals surface area contributed by atoms with Crippen LogP contribution >= 0.6 is 0 Å². The fourth-order valence-corrected chi connectivity index (χ4v) is 1.22. The van der Waals surface area contributed by atoms with Crippen molar-refractivity contribution < 1.29 is 19.1 Å². The Hall–Kier alpha value is -2.04. The van der Waals surface area contributed by atoms with Gasteiger partial charge in [-0.1, -0.05) is 0 Å². The van der Waals surface area contributed by atoms with Crippen LogP contribution < -0.4 is 5.73 Å². The average Bonchev–Trinajstić information content (AvgIpc) is 2.23. The van der Waals surface area contributed by atoms with Crippen molar-refractivity contribution in [2.24, 2.45) is 0 Å². The van der Waals surface area contributed by atoms with Crippen molar-refractivity contribution in [3.8, 4) is 0 Å². The van der Waals surface area contributed by atoms with E-state index in [0.29, 0.717) is 18.6 Å². The number of rotatable bonds is 6. The van der Waals surface area contributed by atoms with Crippen LogP contribution in [-0.2, 0) is 32.3 Å². The van der Waals surface area contributed by atoms with Crippen molar-refractivity contribution in [1.29, 1.82) is 0 Å². The van der Waals surface area contributed by atoms with Gasteiger partial charge in [-0.05, 0) is 29.3 Å². The summed E-state index contributed by atoms with van der Waals surface area (Å²) in [5.74, 6) is 0. The molecule has 5 nitrogen and oxygen atoms in total. The summed E-state index contributed by atoms with van der Waals surface area (Å²) in [7, 11) is 0. The van der Waals surface area contributed by atoms with E-state index in [1.807, 2.05) is 0 Å². The van der Waals surface area contributed by atoms with Gasteiger partial charge in [-0.25, -0.2) is 0 Å². The molecule has 1 aromatic carbocycles. The van der Waals surface area contributed by atoms with E-state index in [-0.39, 0.29) is 13.2 Å². The summed E-state index contributed by atoms with van der Waals surface area (Å²) >= 11 is 0. The molecule has 5 heteroatoms. The van der Waals surface area contributed by atoms with E-state index in [2.05, 4.69) is 9.47 Å². The maximum Gasteiger partial charge on any atom is 0.293 e. The van der Waals surface area contributed by atoms with Crippen LogP contribution in [-0.4, -0.2) is 12.9 Å². The van der Waals surface area contributed by atoms with Crippen molar-refractivity contribution in [3.05, 3.63) is 29.3 Å². The first-order valence-electron chi connectivity index (χ1n) is 4.25. The largest absolute Gasteiger partial charge is 0.463 e. The van der Waals surface area contributed by atoms with Crippen molar-refractivity contribution in [2.75, 3.05) is 5.73 Å². The summed E-state index contributed by atoms with van der Waals surface area (Å²) in [6.07, 6.45) is 0. The molecule has 0 saturated carbocycles. The molecule has 0 spiro atoms. The molecule has 0 amide bonds. The van der Waals surface area contributed by atoms with Gasteiger partial charge in [0, 0.05) is 5.69 Å². The quantitative estimate of drug-likeness (QED) is 0.548. The summed E-state index contributed by atoms with van der Waals surface area (Å²) in [6.45, 7) is 1.04. The highest BCUT2D eigenvalue weighted by atomic mass is 16.5. The molecule has 0 unspecified atom stereocenters. The zero-order valence-electron chi connectivity index (χ0n) is 8.01. The van der Waals surface area contributed by atoms with Gasteiger partial charge in [0.05, 0.1) is 0 Å². The number of carbonyl (C=O) groups excluding carboxylic acids is 2. The Labute approximate surface area is 86.8 Å². The molecule has 0 atom stereocenters. The summed E-state index contributed by atoms with van der Waals surface area (Å²) in [4.78, 5) is 20.0. The Morgan fingerprint density at radius 2 is 1.47 bits per heavy atom. The highest BCUT2D eigenvalue weighted by Gasteiger charge is 2.00. The third-order valence-electron chi connectivity index (χ3n) is 1.71. The lowest BCUT2D eigenvalue weighted by Crippen LogP contribution is -1.97. The number of nitrogen functional groups attached to an aromatic ring is 1. The van der Waals surface area contributed by atoms with Crippen LogP contribution in [0.2, 0.25) is 0 Å². The SMILES string of the molecule is Nc1cc(COC=O)cc(COC=O)c1. The van der Waals surface area contributed by atoms with Crippen molar-refractivity contribution >= 4 is 18.6 Å². The van der Waals surface area contributed by atoms with Crippen LogP contribution in [0, 0.1) is 0 Å². The molecular formula is C10H11NO4. The first-order chi connectivity index (χ1) is 7.26. The van der Waals surface area contributed by atoms with Gasteiger partial charge in [0.25, 0.3) is 12.9 Å². The smallest absolute Gasteiger partial charge is 0.293 e. The summed E-state index contributed by atoms with van der Waals surface area (Å²) < 4.78 is 9.18. The van der Waals surface area contributed by atoms with Crippen molar-refractivity contribution in [3.63, 3.8) is 0 Å². The van der Waals surface area contributed by atoms with Crippen LogP contribution in [0.15, 0.2) is 18.2 Å². The lowest BCUT2D eigenvalue weighted by Gasteiger charge is -2.05. The topological polar surface area (TPSA) is 78.6 Å². The van der Waals surface area contributed by atoms with Gasteiger partial charge < -0.3 is 15.2 Å². The third-order valence-corrected chi connectivity index (χ3v) is 1.71. The molecule has 0 aliphatic carbocycles. The number of nitrogens with two attached hydrogens (primary N) is 1. The Morgan fingerprint density at radius 3 is 1.87 bits per heavy atom. The molecule has 0 aromatic heterocycles. The molecule has 0 aliphatic rings. The standard InChI is InChI=1S/C10H11NO4/c11-10-2-8(4-14-6-12)1-9(3-10)5-15-7-13/h1-3,6-7H,4-5,11H2. The van der Waals surface area contributed by atoms with Crippen LogP contribution in [0.4, 0.5) is 5.69 Å². The Kier molecular flexibility index (Phi) is 4.15. The number of hydrogen-bond acceptors (Lipinski definition) is 5. The maximum atomic E-state index is 10.00. The summed E-state index contributed by atoms with van der Waals surface area (Å²) in [5, 5.41) is 0. The van der Waals surface area contributed by atoms with Crippen molar-refractivity contribution in [1.82, 2.24) is 0 Å². The zero-order valence-corrected chi connectivity index (χ0v) is 8.01. The second-order valence-corrected chi connectivity index (χ2v) is 2.90. The normalized spacial score (nSPS) is 9.33. The van der Waals surface area contributed by atoms with Gasteiger partial charge in [0.2, 0.25) is 0 Å². The van der Waals surface area contributed by atoms with E-state index in [0.717, 1.165) is 11.1 Å². The van der Waals surface area contributed by atoms with E-state index >= 15 is 0 Å². The lowest BCUT2D eigenvalue weighted by atomic mass is 10.1. The highest BCUT2D eigenvalue weighted by Crippen LogP contribution is 2.13. The second-order valence-electron chi connectivity index (χ2n) is 2.90. The number of benzene rings is 1. The molecule has 1 rings (SSSR count). The van der Waals surface area contributed by atoms with Crippen LogP contribution in [0.1, 0.15) is 11.1 Å². The number of anilines is 1. The van der Waals surface area contributed by atoms with Gasteiger partial charge in [-0.15, -0.1) is 0 Å². The molecule has 0 radical (unpaired) electrons. The minimum atomic E-state index is 0.155. The number of carbonyl (C=O) groups is 2.